The minimum Gasteiger partial charge on any atom is -0.394 e. The Morgan fingerprint density at radius 3 is 2.57 bits per heavy atom. The van der Waals surface area contributed by atoms with Gasteiger partial charge >= 0.3 is 0 Å². The summed E-state index contributed by atoms with van der Waals surface area (Å²) < 4.78 is 6.70. The number of aryl methyl sites for hydroxylation is 1. The van der Waals surface area contributed by atoms with Gasteiger partial charge in [-0.25, -0.2) is 0 Å². The molecule has 7 atom stereocenters. The Hall–Kier alpha value is -2.16. The number of amides is 3. The SMILES string of the molecule is CC[C@H](C)[C@H](CO)N1C(=O)[C@@H]2[C@H](C(=O)NC)[C@]3(CC)CCC2(O3)C1C(=O)Nc1c(C)cccc1Cl. The second kappa shape index (κ2) is 9.37. The van der Waals surface area contributed by atoms with Gasteiger partial charge in [0.1, 0.15) is 11.6 Å². The molecule has 3 heterocycles. The molecule has 0 saturated carbocycles. The zero-order chi connectivity index (χ0) is 25.7. The third-order valence-electron chi connectivity index (χ3n) is 8.71. The smallest absolute Gasteiger partial charge is 0.250 e. The van der Waals surface area contributed by atoms with Crippen LogP contribution in [-0.4, -0.2) is 64.7 Å². The summed E-state index contributed by atoms with van der Waals surface area (Å²) in [5.41, 5.74) is -0.668. The molecule has 3 saturated heterocycles. The van der Waals surface area contributed by atoms with Gasteiger partial charge in [-0.05, 0) is 43.7 Å². The maximum Gasteiger partial charge on any atom is 0.250 e. The second-order valence-electron chi connectivity index (χ2n) is 10.2. The molecule has 2 bridgehead atoms. The van der Waals surface area contributed by atoms with E-state index in [9.17, 15) is 19.5 Å². The van der Waals surface area contributed by atoms with Crippen LogP contribution in [0.1, 0.15) is 52.0 Å². The van der Waals surface area contributed by atoms with Gasteiger partial charge in [0.05, 0.1) is 40.8 Å². The van der Waals surface area contributed by atoms with E-state index < -0.39 is 41.0 Å². The maximum absolute atomic E-state index is 14.1. The van der Waals surface area contributed by atoms with E-state index in [1.807, 2.05) is 33.8 Å². The first-order valence-electron chi connectivity index (χ1n) is 12.5. The van der Waals surface area contributed by atoms with Crippen LogP contribution in [0.4, 0.5) is 5.69 Å². The number of carbonyl (C=O) groups excluding carboxylic acids is 3. The van der Waals surface area contributed by atoms with Crippen molar-refractivity contribution in [3.05, 3.63) is 28.8 Å². The Morgan fingerprint density at radius 2 is 2.00 bits per heavy atom. The van der Waals surface area contributed by atoms with Gasteiger partial charge in [0.2, 0.25) is 17.7 Å². The zero-order valence-electron chi connectivity index (χ0n) is 21.1. The van der Waals surface area contributed by atoms with Gasteiger partial charge in [0.25, 0.3) is 0 Å². The van der Waals surface area contributed by atoms with Crippen LogP contribution in [0.15, 0.2) is 18.2 Å². The largest absolute Gasteiger partial charge is 0.394 e. The summed E-state index contributed by atoms with van der Waals surface area (Å²) in [6.45, 7) is 7.45. The predicted molar refractivity (Wildman–Crippen MR) is 133 cm³/mol. The number of ether oxygens (including phenoxy) is 1. The Labute approximate surface area is 211 Å². The summed E-state index contributed by atoms with van der Waals surface area (Å²) in [4.78, 5) is 42.8. The molecule has 4 rings (SSSR count). The van der Waals surface area contributed by atoms with Crippen molar-refractivity contribution in [3.63, 3.8) is 0 Å². The Kier molecular flexibility index (Phi) is 6.94. The second-order valence-corrected chi connectivity index (χ2v) is 10.7. The van der Waals surface area contributed by atoms with E-state index in [2.05, 4.69) is 10.6 Å². The van der Waals surface area contributed by atoms with Crippen molar-refractivity contribution >= 4 is 35.0 Å². The molecule has 9 heteroatoms. The number of likely N-dealkylation sites (tertiary alicyclic amines) is 1. The average Bonchev–Trinajstić information content (AvgIpc) is 3.45. The van der Waals surface area contributed by atoms with Crippen LogP contribution in [0.25, 0.3) is 0 Å². The van der Waals surface area contributed by atoms with E-state index in [0.717, 1.165) is 5.56 Å². The number of carbonyl (C=O) groups is 3. The molecule has 3 aliphatic heterocycles. The number of aliphatic hydroxyl groups is 1. The summed E-state index contributed by atoms with van der Waals surface area (Å²) in [6, 6.07) is 3.77. The molecule has 192 valence electrons. The van der Waals surface area contributed by atoms with E-state index in [4.69, 9.17) is 16.3 Å². The number of halogens is 1. The summed E-state index contributed by atoms with van der Waals surface area (Å²) in [5.74, 6) is -2.52. The molecule has 1 spiro atoms. The van der Waals surface area contributed by atoms with Crippen molar-refractivity contribution in [2.24, 2.45) is 17.8 Å². The number of fused-ring (bicyclic) bond motifs is 1. The molecule has 0 aromatic heterocycles. The number of rotatable bonds is 8. The normalized spacial score (nSPS) is 32.9. The highest BCUT2D eigenvalue weighted by Crippen LogP contribution is 2.64. The van der Waals surface area contributed by atoms with Gasteiger partial charge in [-0.2, -0.15) is 0 Å². The van der Waals surface area contributed by atoms with Crippen molar-refractivity contribution in [2.45, 2.75) is 76.7 Å². The molecule has 8 nitrogen and oxygen atoms in total. The average molecular weight is 506 g/mol. The Bertz CT molecular complexity index is 1010. The molecule has 1 aromatic carbocycles. The van der Waals surface area contributed by atoms with Crippen LogP contribution in [0.2, 0.25) is 5.02 Å². The van der Waals surface area contributed by atoms with Crippen molar-refractivity contribution in [1.29, 1.82) is 0 Å². The topological polar surface area (TPSA) is 108 Å². The molecule has 1 aromatic rings. The number of nitrogens with zero attached hydrogens (tertiary/aromatic N) is 1. The molecule has 3 amide bonds. The number of benzene rings is 1. The lowest BCUT2D eigenvalue weighted by molar-refractivity contribution is -0.150. The van der Waals surface area contributed by atoms with E-state index in [1.165, 1.54) is 4.90 Å². The van der Waals surface area contributed by atoms with E-state index in [1.54, 1.807) is 19.2 Å². The van der Waals surface area contributed by atoms with Gasteiger partial charge in [-0.3, -0.25) is 14.4 Å². The minimum absolute atomic E-state index is 0.0627. The lowest BCUT2D eigenvalue weighted by atomic mass is 9.65. The first kappa shape index (κ1) is 25.9. The molecular formula is C26H36ClN3O5. The van der Waals surface area contributed by atoms with Crippen LogP contribution < -0.4 is 10.6 Å². The highest BCUT2D eigenvalue weighted by Gasteiger charge is 2.79. The van der Waals surface area contributed by atoms with E-state index in [-0.39, 0.29) is 24.3 Å². The molecular weight excluding hydrogens is 470 g/mol. The third-order valence-corrected chi connectivity index (χ3v) is 9.03. The molecule has 35 heavy (non-hydrogen) atoms. The number of hydrogen-bond donors (Lipinski definition) is 3. The van der Waals surface area contributed by atoms with Gasteiger partial charge in [-0.1, -0.05) is 50.9 Å². The summed E-state index contributed by atoms with van der Waals surface area (Å²) >= 11 is 6.40. The quantitative estimate of drug-likeness (QED) is 0.503. The van der Waals surface area contributed by atoms with Gasteiger partial charge < -0.3 is 25.4 Å². The van der Waals surface area contributed by atoms with Crippen LogP contribution in [0, 0.1) is 24.7 Å². The van der Waals surface area contributed by atoms with Crippen LogP contribution in [0.5, 0.6) is 0 Å². The number of aliphatic hydroxyl groups excluding tert-OH is 1. The Balaban J connectivity index is 1.85. The molecule has 3 N–H and O–H groups in total. The first-order chi connectivity index (χ1) is 16.6. The predicted octanol–water partition coefficient (Wildman–Crippen LogP) is 2.89. The van der Waals surface area contributed by atoms with Gasteiger partial charge in [0.15, 0.2) is 0 Å². The van der Waals surface area contributed by atoms with Crippen molar-refractivity contribution < 1.29 is 24.2 Å². The van der Waals surface area contributed by atoms with E-state index in [0.29, 0.717) is 36.4 Å². The summed E-state index contributed by atoms with van der Waals surface area (Å²) in [6.07, 6.45) is 2.34. The van der Waals surface area contributed by atoms with Crippen LogP contribution in [0.3, 0.4) is 0 Å². The van der Waals surface area contributed by atoms with Crippen molar-refractivity contribution in [3.8, 4) is 0 Å². The number of para-hydroxylation sites is 1. The standard InChI is InChI=1S/C26H36ClN3O5/c1-6-14(3)17(13-31)30-21(23(33)29-20-15(4)9-8-10-16(20)27)26-12-11-25(7-2,35-26)18(22(32)28-5)19(26)24(30)34/h8-10,14,17-19,21,31H,6-7,11-13H2,1-5H3,(H,28,32)(H,29,33)/t14-,17-,18+,19-,21?,25-,26?/m0/s1. The first-order valence-corrected chi connectivity index (χ1v) is 12.9. The number of hydrogen-bond acceptors (Lipinski definition) is 5. The molecule has 3 aliphatic rings. The lowest BCUT2D eigenvalue weighted by Gasteiger charge is -2.39. The zero-order valence-corrected chi connectivity index (χ0v) is 21.8. The fraction of sp³-hybridized carbons (Fsp3) is 0.654. The Morgan fingerprint density at radius 1 is 1.29 bits per heavy atom. The van der Waals surface area contributed by atoms with Crippen molar-refractivity contribution in [2.75, 3.05) is 19.0 Å². The van der Waals surface area contributed by atoms with Gasteiger partial charge in [0, 0.05) is 7.05 Å². The highest BCUT2D eigenvalue weighted by molar-refractivity contribution is 6.34. The molecule has 0 radical (unpaired) electrons. The summed E-state index contributed by atoms with van der Waals surface area (Å²) in [5, 5.41) is 16.4. The number of nitrogens with one attached hydrogen (secondary N) is 2. The highest BCUT2D eigenvalue weighted by atomic mass is 35.5. The molecule has 3 fully saturated rings. The fourth-order valence-corrected chi connectivity index (χ4v) is 6.93. The lowest BCUT2D eigenvalue weighted by Crippen LogP contribution is -2.57. The number of anilines is 1. The fourth-order valence-electron chi connectivity index (χ4n) is 6.66. The third kappa shape index (κ3) is 3.67. The maximum atomic E-state index is 14.1. The van der Waals surface area contributed by atoms with Gasteiger partial charge in [-0.15, -0.1) is 0 Å². The monoisotopic (exact) mass is 505 g/mol. The van der Waals surface area contributed by atoms with Crippen LogP contribution in [-0.2, 0) is 19.1 Å². The molecule has 2 unspecified atom stereocenters. The van der Waals surface area contributed by atoms with Crippen molar-refractivity contribution in [1.82, 2.24) is 10.2 Å². The summed E-state index contributed by atoms with van der Waals surface area (Å²) in [7, 11) is 1.56. The van der Waals surface area contributed by atoms with E-state index >= 15 is 0 Å². The molecule has 0 aliphatic carbocycles. The minimum atomic E-state index is -1.15. The van der Waals surface area contributed by atoms with Crippen LogP contribution >= 0.6 is 11.6 Å².